The Bertz CT molecular complexity index is 804. The number of ether oxygens (including phenoxy) is 1. The molecule has 2 rings (SSSR count). The van der Waals surface area contributed by atoms with E-state index in [4.69, 9.17) is 20.4 Å². The lowest BCUT2D eigenvalue weighted by Crippen LogP contribution is -2.55. The van der Waals surface area contributed by atoms with Crippen molar-refractivity contribution >= 4 is 17.8 Å². The van der Waals surface area contributed by atoms with Crippen molar-refractivity contribution in [3.8, 4) is 0 Å². The van der Waals surface area contributed by atoms with Crippen LogP contribution in [0.5, 0.6) is 0 Å². The number of carboxylic acids is 1. The van der Waals surface area contributed by atoms with Gasteiger partial charge in [0, 0.05) is 6.54 Å². The first kappa shape index (κ1) is 27.4. The molecule has 1 aromatic rings. The maximum absolute atomic E-state index is 12.9. The third-order valence-corrected chi connectivity index (χ3v) is 5.22. The van der Waals surface area contributed by atoms with Crippen LogP contribution in [-0.2, 0) is 25.7 Å². The molecular weight excluding hydrogens is 429 g/mol. The number of rotatable bonds is 4. The highest BCUT2D eigenvalue weighted by atomic mass is 19.4. The highest BCUT2D eigenvalue weighted by Crippen LogP contribution is 2.38. The van der Waals surface area contributed by atoms with Crippen LogP contribution in [0.25, 0.3) is 0 Å². The van der Waals surface area contributed by atoms with Crippen LogP contribution in [0.15, 0.2) is 30.3 Å². The van der Waals surface area contributed by atoms with Gasteiger partial charge in [-0.2, -0.15) is 13.2 Å². The molecule has 10 heteroatoms. The van der Waals surface area contributed by atoms with E-state index in [1.54, 1.807) is 4.90 Å². The number of hydrogen-bond acceptors (Lipinski definition) is 5. The Hall–Kier alpha value is -2.62. The van der Waals surface area contributed by atoms with Gasteiger partial charge in [-0.25, -0.2) is 9.59 Å². The number of alkyl halides is 3. The molecule has 1 aromatic carbocycles. The maximum Gasteiger partial charge on any atom is 0.490 e. The van der Waals surface area contributed by atoms with Gasteiger partial charge in [-0.15, -0.1) is 0 Å². The van der Waals surface area contributed by atoms with Gasteiger partial charge < -0.3 is 20.5 Å². The Kier molecular flexibility index (Phi) is 8.85. The Labute approximate surface area is 185 Å². The van der Waals surface area contributed by atoms with Crippen molar-refractivity contribution in [3.05, 3.63) is 35.9 Å². The van der Waals surface area contributed by atoms with Crippen molar-refractivity contribution in [2.24, 2.45) is 16.6 Å². The van der Waals surface area contributed by atoms with Crippen LogP contribution < -0.4 is 5.73 Å². The van der Waals surface area contributed by atoms with Crippen LogP contribution in [-0.4, -0.2) is 52.7 Å². The highest BCUT2D eigenvalue weighted by molar-refractivity contribution is 5.89. The zero-order valence-electron chi connectivity index (χ0n) is 18.9. The third kappa shape index (κ3) is 7.51. The fraction of sp³-hybridized carbons (Fsp3) is 0.591. The van der Waals surface area contributed by atoms with Gasteiger partial charge in [-0.1, -0.05) is 65.0 Å². The van der Waals surface area contributed by atoms with Crippen LogP contribution >= 0.6 is 0 Å². The standard InChI is InChI=1S/C20H30N2O3.C2HF3O2/c1-19(2,3)15(21)17(23)22-12-11-20(4,5)16(22)18(24)25-13-14-9-7-6-8-10-14;3-2(4,5)1(6)7/h6-10,15-16H,11-13,21H2,1-5H3;(H,6,7)/t15-,16?;/m1./s1. The van der Waals surface area contributed by atoms with Crippen molar-refractivity contribution in [1.82, 2.24) is 4.90 Å². The van der Waals surface area contributed by atoms with Crippen molar-refractivity contribution in [2.45, 2.75) is 65.9 Å². The van der Waals surface area contributed by atoms with Gasteiger partial charge in [0.1, 0.15) is 12.6 Å². The molecule has 0 spiro atoms. The molecule has 0 aliphatic carbocycles. The third-order valence-electron chi connectivity index (χ3n) is 5.22. The normalized spacial score (nSPS) is 18.9. The molecule has 1 saturated heterocycles. The van der Waals surface area contributed by atoms with E-state index in [9.17, 15) is 22.8 Å². The average Bonchev–Trinajstić information content (AvgIpc) is 3.00. The highest BCUT2D eigenvalue weighted by Gasteiger charge is 2.49. The number of nitrogens with two attached hydrogens (primary N) is 1. The molecule has 0 aromatic heterocycles. The molecule has 32 heavy (non-hydrogen) atoms. The van der Waals surface area contributed by atoms with Crippen molar-refractivity contribution < 1.29 is 37.4 Å². The minimum Gasteiger partial charge on any atom is -0.475 e. The minimum absolute atomic E-state index is 0.181. The fourth-order valence-corrected chi connectivity index (χ4v) is 3.14. The molecule has 1 amide bonds. The second-order valence-corrected chi connectivity index (χ2v) is 9.41. The Morgan fingerprint density at radius 3 is 2.12 bits per heavy atom. The Morgan fingerprint density at radius 1 is 1.19 bits per heavy atom. The maximum atomic E-state index is 12.9. The molecular formula is C22H31F3N2O5. The SMILES string of the molecule is CC1(C)CCN(C(=O)[C@@H](N)C(C)(C)C)C1C(=O)OCc1ccccc1.O=C(O)C(F)(F)F. The number of likely N-dealkylation sites (tertiary alicyclic amines) is 1. The van der Waals surface area contributed by atoms with Crippen LogP contribution in [0.4, 0.5) is 13.2 Å². The summed E-state index contributed by atoms with van der Waals surface area (Å²) in [5.74, 6) is -3.30. The van der Waals surface area contributed by atoms with E-state index in [2.05, 4.69) is 0 Å². The van der Waals surface area contributed by atoms with Crippen LogP contribution in [0.2, 0.25) is 0 Å². The molecule has 2 atom stereocenters. The number of carboxylic acid groups (broad SMARTS) is 1. The molecule has 7 nitrogen and oxygen atoms in total. The summed E-state index contributed by atoms with van der Waals surface area (Å²) in [5, 5.41) is 7.12. The quantitative estimate of drug-likeness (QED) is 0.667. The molecule has 1 aliphatic rings. The van der Waals surface area contributed by atoms with Gasteiger partial charge in [-0.05, 0) is 22.8 Å². The smallest absolute Gasteiger partial charge is 0.475 e. The molecule has 0 bridgehead atoms. The van der Waals surface area contributed by atoms with Crippen LogP contribution in [0.3, 0.4) is 0 Å². The lowest BCUT2D eigenvalue weighted by atomic mass is 9.83. The second kappa shape index (κ2) is 10.3. The van der Waals surface area contributed by atoms with Gasteiger partial charge in [0.15, 0.2) is 0 Å². The number of hydrogen-bond donors (Lipinski definition) is 2. The number of benzene rings is 1. The summed E-state index contributed by atoms with van der Waals surface area (Å²) >= 11 is 0. The zero-order chi connectivity index (χ0) is 24.9. The molecule has 3 N–H and O–H groups in total. The Balaban J connectivity index is 0.000000633. The zero-order valence-corrected chi connectivity index (χ0v) is 18.9. The van der Waals surface area contributed by atoms with Crippen molar-refractivity contribution in [3.63, 3.8) is 0 Å². The number of amides is 1. The van der Waals surface area contributed by atoms with Gasteiger partial charge in [0.05, 0.1) is 6.04 Å². The van der Waals surface area contributed by atoms with E-state index in [0.717, 1.165) is 12.0 Å². The summed E-state index contributed by atoms with van der Waals surface area (Å²) in [6.07, 6.45) is -4.33. The number of halogens is 3. The summed E-state index contributed by atoms with van der Waals surface area (Å²) in [6, 6.07) is 8.29. The van der Waals surface area contributed by atoms with Gasteiger partial charge >= 0.3 is 18.1 Å². The van der Waals surface area contributed by atoms with Gasteiger partial charge in [0.2, 0.25) is 5.91 Å². The summed E-state index contributed by atoms with van der Waals surface area (Å²) < 4.78 is 37.3. The lowest BCUT2D eigenvalue weighted by Gasteiger charge is -2.35. The lowest BCUT2D eigenvalue weighted by molar-refractivity contribution is -0.192. The molecule has 180 valence electrons. The van der Waals surface area contributed by atoms with E-state index >= 15 is 0 Å². The number of aliphatic carboxylic acids is 1. The average molecular weight is 460 g/mol. The minimum atomic E-state index is -5.08. The van der Waals surface area contributed by atoms with Gasteiger partial charge in [-0.3, -0.25) is 4.79 Å². The number of esters is 1. The first-order valence-corrected chi connectivity index (χ1v) is 10.0. The van der Waals surface area contributed by atoms with Gasteiger partial charge in [0.25, 0.3) is 0 Å². The summed E-state index contributed by atoms with van der Waals surface area (Å²) in [5.41, 5.74) is 6.38. The first-order valence-electron chi connectivity index (χ1n) is 10.0. The fourth-order valence-electron chi connectivity index (χ4n) is 3.14. The van der Waals surface area contributed by atoms with E-state index in [1.165, 1.54) is 0 Å². The molecule has 1 aliphatic heterocycles. The summed E-state index contributed by atoms with van der Waals surface area (Å²) in [4.78, 5) is 36.1. The second-order valence-electron chi connectivity index (χ2n) is 9.41. The Morgan fingerprint density at radius 2 is 1.69 bits per heavy atom. The molecule has 1 unspecified atom stereocenters. The summed E-state index contributed by atoms with van der Waals surface area (Å²) in [7, 11) is 0. The largest absolute Gasteiger partial charge is 0.490 e. The van der Waals surface area contributed by atoms with E-state index < -0.39 is 24.2 Å². The number of nitrogens with zero attached hydrogens (tertiary/aromatic N) is 1. The predicted molar refractivity (Wildman–Crippen MR) is 111 cm³/mol. The summed E-state index contributed by atoms with van der Waals surface area (Å²) in [6.45, 7) is 10.5. The van der Waals surface area contributed by atoms with Crippen molar-refractivity contribution in [2.75, 3.05) is 6.54 Å². The molecule has 1 fully saturated rings. The van der Waals surface area contributed by atoms with Crippen LogP contribution in [0, 0.1) is 10.8 Å². The predicted octanol–water partition coefficient (Wildman–Crippen LogP) is 3.36. The molecule has 1 heterocycles. The topological polar surface area (TPSA) is 110 Å². The van der Waals surface area contributed by atoms with Crippen LogP contribution in [0.1, 0.15) is 46.6 Å². The number of carbonyl (C=O) groups excluding carboxylic acids is 2. The monoisotopic (exact) mass is 460 g/mol. The van der Waals surface area contributed by atoms with E-state index in [-0.39, 0.29) is 29.3 Å². The van der Waals surface area contributed by atoms with E-state index in [1.807, 2.05) is 65.0 Å². The van der Waals surface area contributed by atoms with Crippen molar-refractivity contribution in [1.29, 1.82) is 0 Å². The molecule has 0 saturated carbocycles. The number of carbonyl (C=O) groups is 3. The molecule has 0 radical (unpaired) electrons. The van der Waals surface area contributed by atoms with E-state index in [0.29, 0.717) is 6.54 Å². The first-order chi connectivity index (χ1) is 14.5.